The molecule has 2 heterocycles. The van der Waals surface area contributed by atoms with Crippen molar-refractivity contribution in [2.45, 2.75) is 11.4 Å². The number of rotatable bonds is 4. The maximum atomic E-state index is 12.1. The molecule has 0 fully saturated rings. The number of pyridine rings is 1. The molecular formula is C10H10BrClN4O2S. The minimum Gasteiger partial charge on any atom is -0.337 e. The molecule has 0 atom stereocenters. The van der Waals surface area contributed by atoms with Crippen LogP contribution in [0.4, 0.5) is 0 Å². The molecule has 0 radical (unpaired) electrons. The van der Waals surface area contributed by atoms with E-state index in [1.54, 1.807) is 24.0 Å². The van der Waals surface area contributed by atoms with Gasteiger partial charge in [0, 0.05) is 30.1 Å². The van der Waals surface area contributed by atoms with Gasteiger partial charge in [-0.1, -0.05) is 11.6 Å². The van der Waals surface area contributed by atoms with E-state index >= 15 is 0 Å². The molecule has 0 bridgehead atoms. The van der Waals surface area contributed by atoms with Crippen molar-refractivity contribution in [3.63, 3.8) is 0 Å². The molecule has 0 amide bonds. The Hall–Kier alpha value is -0.960. The predicted octanol–water partition coefficient (Wildman–Crippen LogP) is 1.71. The van der Waals surface area contributed by atoms with Crippen LogP contribution in [0.2, 0.25) is 5.15 Å². The molecule has 0 spiro atoms. The van der Waals surface area contributed by atoms with Crippen LogP contribution in [0.15, 0.2) is 34.0 Å². The fourth-order valence-corrected chi connectivity index (χ4v) is 3.32. The first-order chi connectivity index (χ1) is 8.90. The van der Waals surface area contributed by atoms with E-state index < -0.39 is 10.0 Å². The van der Waals surface area contributed by atoms with E-state index in [2.05, 4.69) is 30.6 Å². The molecule has 6 nitrogen and oxygen atoms in total. The molecule has 0 saturated carbocycles. The molecule has 2 aromatic heterocycles. The first kappa shape index (κ1) is 14.4. The monoisotopic (exact) mass is 364 g/mol. The van der Waals surface area contributed by atoms with Gasteiger partial charge in [0.25, 0.3) is 0 Å². The highest BCUT2D eigenvalue weighted by Crippen LogP contribution is 2.22. The Balaban J connectivity index is 2.23. The van der Waals surface area contributed by atoms with E-state index in [-0.39, 0.29) is 16.6 Å². The molecule has 19 heavy (non-hydrogen) atoms. The molecular weight excluding hydrogens is 356 g/mol. The van der Waals surface area contributed by atoms with Crippen molar-refractivity contribution in [3.05, 3.63) is 40.1 Å². The lowest BCUT2D eigenvalue weighted by Crippen LogP contribution is -2.25. The predicted molar refractivity (Wildman–Crippen MR) is 74.2 cm³/mol. The summed E-state index contributed by atoms with van der Waals surface area (Å²) in [5, 5.41) is -0.0736. The van der Waals surface area contributed by atoms with E-state index in [0.717, 1.165) is 0 Å². The lowest BCUT2D eigenvalue weighted by atomic mass is 10.5. The zero-order valence-electron chi connectivity index (χ0n) is 9.84. The summed E-state index contributed by atoms with van der Waals surface area (Å²) >= 11 is 8.96. The van der Waals surface area contributed by atoms with Gasteiger partial charge in [-0.05, 0) is 22.0 Å². The van der Waals surface area contributed by atoms with Gasteiger partial charge in [0.2, 0.25) is 10.0 Å². The number of nitrogens with one attached hydrogen (secondary N) is 1. The Morgan fingerprint density at radius 1 is 1.47 bits per heavy atom. The van der Waals surface area contributed by atoms with E-state index in [1.165, 1.54) is 12.3 Å². The number of aromatic nitrogens is 3. The van der Waals surface area contributed by atoms with Gasteiger partial charge in [-0.25, -0.2) is 23.1 Å². The summed E-state index contributed by atoms with van der Waals surface area (Å²) in [4.78, 5) is 7.75. The number of imidazole rings is 1. The van der Waals surface area contributed by atoms with E-state index in [4.69, 9.17) is 11.6 Å². The quantitative estimate of drug-likeness (QED) is 0.837. The van der Waals surface area contributed by atoms with E-state index in [9.17, 15) is 8.42 Å². The SMILES string of the molecule is Cn1ccnc1CNS(=O)(=O)c1cc(Br)cnc1Cl. The van der Waals surface area contributed by atoms with E-state index in [0.29, 0.717) is 10.3 Å². The van der Waals surface area contributed by atoms with Crippen LogP contribution < -0.4 is 4.72 Å². The Morgan fingerprint density at radius 3 is 2.84 bits per heavy atom. The third-order valence-electron chi connectivity index (χ3n) is 2.40. The van der Waals surface area contributed by atoms with Gasteiger partial charge in [0.15, 0.2) is 0 Å². The third kappa shape index (κ3) is 3.33. The molecule has 2 aromatic rings. The standard InChI is InChI=1S/C10H10BrClN4O2S/c1-16-3-2-13-9(16)6-15-19(17,18)8-4-7(11)5-14-10(8)12/h2-5,15H,6H2,1H3. The second-order valence-corrected chi connectivity index (χ2v) is 6.73. The Kier molecular flexibility index (Phi) is 4.24. The Bertz CT molecular complexity index is 701. The molecule has 0 aromatic carbocycles. The summed E-state index contributed by atoms with van der Waals surface area (Å²) in [5.41, 5.74) is 0. The summed E-state index contributed by atoms with van der Waals surface area (Å²) in [6, 6.07) is 1.40. The lowest BCUT2D eigenvalue weighted by Gasteiger charge is -2.08. The minimum absolute atomic E-state index is 0.0715. The zero-order valence-corrected chi connectivity index (χ0v) is 13.0. The average molecular weight is 366 g/mol. The second-order valence-electron chi connectivity index (χ2n) is 3.72. The van der Waals surface area contributed by atoms with Gasteiger partial charge >= 0.3 is 0 Å². The number of sulfonamides is 1. The van der Waals surface area contributed by atoms with Gasteiger partial charge in [0.05, 0.1) is 6.54 Å². The number of halogens is 2. The molecule has 102 valence electrons. The molecule has 0 aliphatic carbocycles. The summed E-state index contributed by atoms with van der Waals surface area (Å²) in [6.07, 6.45) is 4.76. The summed E-state index contributed by atoms with van der Waals surface area (Å²) in [6.45, 7) is 0.0781. The largest absolute Gasteiger partial charge is 0.337 e. The fraction of sp³-hybridized carbons (Fsp3) is 0.200. The highest BCUT2D eigenvalue weighted by molar-refractivity contribution is 9.10. The van der Waals surface area contributed by atoms with Gasteiger partial charge < -0.3 is 4.57 Å². The number of hydrogen-bond donors (Lipinski definition) is 1. The van der Waals surface area contributed by atoms with Crippen molar-refractivity contribution in [1.82, 2.24) is 19.3 Å². The number of aryl methyl sites for hydroxylation is 1. The van der Waals surface area contributed by atoms with Gasteiger partial charge in [-0.2, -0.15) is 0 Å². The van der Waals surface area contributed by atoms with Crippen LogP contribution in [0.25, 0.3) is 0 Å². The first-order valence-electron chi connectivity index (χ1n) is 5.17. The fourth-order valence-electron chi connectivity index (χ4n) is 1.40. The minimum atomic E-state index is -3.73. The number of hydrogen-bond acceptors (Lipinski definition) is 4. The third-order valence-corrected chi connectivity index (χ3v) is 4.67. The van der Waals surface area contributed by atoms with Crippen molar-refractivity contribution in [3.8, 4) is 0 Å². The van der Waals surface area contributed by atoms with Crippen LogP contribution in [-0.4, -0.2) is 23.0 Å². The molecule has 1 N–H and O–H groups in total. The maximum Gasteiger partial charge on any atom is 0.244 e. The van der Waals surface area contributed by atoms with Crippen molar-refractivity contribution in [1.29, 1.82) is 0 Å². The summed E-state index contributed by atoms with van der Waals surface area (Å²) < 4.78 is 28.9. The normalized spacial score (nSPS) is 11.7. The van der Waals surface area contributed by atoms with Crippen LogP contribution in [0.1, 0.15) is 5.82 Å². The molecule has 0 saturated heterocycles. The van der Waals surface area contributed by atoms with Gasteiger partial charge in [-0.15, -0.1) is 0 Å². The van der Waals surface area contributed by atoms with Crippen LogP contribution in [0.3, 0.4) is 0 Å². The van der Waals surface area contributed by atoms with Crippen LogP contribution in [-0.2, 0) is 23.6 Å². The van der Waals surface area contributed by atoms with Gasteiger partial charge in [0.1, 0.15) is 15.9 Å². The van der Waals surface area contributed by atoms with Gasteiger partial charge in [-0.3, -0.25) is 0 Å². The Morgan fingerprint density at radius 2 is 2.21 bits per heavy atom. The number of nitrogens with zero attached hydrogens (tertiary/aromatic N) is 3. The summed E-state index contributed by atoms with van der Waals surface area (Å²) in [5.74, 6) is 0.600. The van der Waals surface area contributed by atoms with Crippen molar-refractivity contribution in [2.75, 3.05) is 0 Å². The Labute approximate surface area is 124 Å². The zero-order chi connectivity index (χ0) is 14.0. The molecule has 9 heteroatoms. The maximum absolute atomic E-state index is 12.1. The second kappa shape index (κ2) is 5.58. The highest BCUT2D eigenvalue weighted by atomic mass is 79.9. The van der Waals surface area contributed by atoms with Crippen LogP contribution in [0.5, 0.6) is 0 Å². The van der Waals surface area contributed by atoms with Crippen molar-refractivity contribution in [2.24, 2.45) is 7.05 Å². The van der Waals surface area contributed by atoms with Crippen LogP contribution >= 0.6 is 27.5 Å². The molecule has 0 unspecified atom stereocenters. The molecule has 0 aliphatic heterocycles. The van der Waals surface area contributed by atoms with Crippen molar-refractivity contribution < 1.29 is 8.42 Å². The van der Waals surface area contributed by atoms with E-state index in [1.807, 2.05) is 0 Å². The summed E-state index contributed by atoms with van der Waals surface area (Å²) in [7, 11) is -1.95. The molecule has 0 aliphatic rings. The average Bonchev–Trinajstić information content (AvgIpc) is 2.75. The highest BCUT2D eigenvalue weighted by Gasteiger charge is 2.19. The smallest absolute Gasteiger partial charge is 0.244 e. The van der Waals surface area contributed by atoms with Crippen LogP contribution in [0, 0.1) is 0 Å². The lowest BCUT2D eigenvalue weighted by molar-refractivity contribution is 0.577. The van der Waals surface area contributed by atoms with Crippen molar-refractivity contribution >= 4 is 37.6 Å². The first-order valence-corrected chi connectivity index (χ1v) is 7.82. The molecule has 2 rings (SSSR count). The topological polar surface area (TPSA) is 76.9 Å².